The van der Waals surface area contributed by atoms with E-state index in [0.717, 1.165) is 18.2 Å². The zero-order valence-electron chi connectivity index (χ0n) is 10.5. The van der Waals surface area contributed by atoms with E-state index >= 15 is 0 Å². The number of sulfonamides is 2. The van der Waals surface area contributed by atoms with Crippen LogP contribution in [0.1, 0.15) is 0 Å². The first-order valence-electron chi connectivity index (χ1n) is 5.60. The Bertz CT molecular complexity index is 862. The van der Waals surface area contributed by atoms with Crippen LogP contribution in [0.5, 0.6) is 0 Å². The largest absolute Gasteiger partial charge is 0.280 e. The van der Waals surface area contributed by atoms with Gasteiger partial charge in [0.1, 0.15) is 5.82 Å². The molecule has 6 nitrogen and oxygen atoms in total. The van der Waals surface area contributed by atoms with E-state index in [9.17, 15) is 21.2 Å². The Morgan fingerprint density at radius 2 is 1.48 bits per heavy atom. The third kappa shape index (κ3) is 3.78. The maximum Gasteiger partial charge on any atom is 0.261 e. The van der Waals surface area contributed by atoms with Gasteiger partial charge < -0.3 is 0 Å². The van der Waals surface area contributed by atoms with E-state index in [4.69, 9.17) is 5.14 Å². The van der Waals surface area contributed by atoms with Crippen LogP contribution in [-0.4, -0.2) is 16.8 Å². The van der Waals surface area contributed by atoms with Gasteiger partial charge >= 0.3 is 0 Å². The van der Waals surface area contributed by atoms with Gasteiger partial charge in [0.2, 0.25) is 10.0 Å². The third-order valence-corrected chi connectivity index (χ3v) is 4.83. The van der Waals surface area contributed by atoms with Crippen molar-refractivity contribution < 1.29 is 21.2 Å². The molecule has 0 radical (unpaired) electrons. The van der Waals surface area contributed by atoms with Crippen LogP contribution in [0.25, 0.3) is 0 Å². The van der Waals surface area contributed by atoms with Crippen molar-refractivity contribution in [1.82, 2.24) is 0 Å². The summed E-state index contributed by atoms with van der Waals surface area (Å²) in [6.45, 7) is 0. The van der Waals surface area contributed by atoms with Crippen molar-refractivity contribution in [3.8, 4) is 0 Å². The highest BCUT2D eigenvalue weighted by Gasteiger charge is 2.17. The van der Waals surface area contributed by atoms with E-state index in [2.05, 4.69) is 4.72 Å². The maximum atomic E-state index is 12.8. The van der Waals surface area contributed by atoms with Crippen LogP contribution in [0.3, 0.4) is 0 Å². The van der Waals surface area contributed by atoms with Gasteiger partial charge in [-0.3, -0.25) is 4.72 Å². The number of hydrogen-bond donors (Lipinski definition) is 2. The number of benzene rings is 2. The molecule has 0 unspecified atom stereocenters. The van der Waals surface area contributed by atoms with Crippen LogP contribution in [-0.2, 0) is 20.0 Å². The van der Waals surface area contributed by atoms with E-state index in [0.29, 0.717) is 0 Å². The minimum absolute atomic E-state index is 0.150. The van der Waals surface area contributed by atoms with Gasteiger partial charge in [0, 0.05) is 5.69 Å². The Morgan fingerprint density at radius 3 is 2.05 bits per heavy atom. The van der Waals surface area contributed by atoms with Crippen molar-refractivity contribution in [2.75, 3.05) is 4.72 Å². The maximum absolute atomic E-state index is 12.8. The van der Waals surface area contributed by atoms with Gasteiger partial charge in [-0.15, -0.1) is 0 Å². The molecule has 0 saturated heterocycles. The molecule has 2 rings (SSSR count). The molecule has 0 aliphatic carbocycles. The van der Waals surface area contributed by atoms with Gasteiger partial charge in [-0.1, -0.05) is 6.07 Å². The molecule has 2 aromatic rings. The molecule has 2 aromatic carbocycles. The second-order valence-corrected chi connectivity index (χ2v) is 7.38. The summed E-state index contributed by atoms with van der Waals surface area (Å²) in [6.07, 6.45) is 0. The van der Waals surface area contributed by atoms with Crippen molar-refractivity contribution >= 4 is 25.7 Å². The average molecular weight is 330 g/mol. The van der Waals surface area contributed by atoms with Crippen LogP contribution >= 0.6 is 0 Å². The number of primary sulfonamides is 1. The first kappa shape index (κ1) is 15.4. The summed E-state index contributed by atoms with van der Waals surface area (Å²) >= 11 is 0. The minimum atomic E-state index is -4.01. The lowest BCUT2D eigenvalue weighted by molar-refractivity contribution is 0.597. The quantitative estimate of drug-likeness (QED) is 0.880. The van der Waals surface area contributed by atoms with Crippen molar-refractivity contribution in [3.63, 3.8) is 0 Å². The standard InChI is InChI=1S/C12H11FN2O4S2/c13-9-4-6-10(7-5-9)15-21(18,19)12-3-1-2-11(8-12)20(14,16)17/h1-8,15H,(H2,14,16,17). The van der Waals surface area contributed by atoms with Gasteiger partial charge in [-0.2, -0.15) is 0 Å². The SMILES string of the molecule is NS(=O)(=O)c1cccc(S(=O)(=O)Nc2ccc(F)cc2)c1. The fourth-order valence-corrected chi connectivity index (χ4v) is 3.29. The first-order valence-corrected chi connectivity index (χ1v) is 8.63. The molecule has 0 atom stereocenters. The lowest BCUT2D eigenvalue weighted by Crippen LogP contribution is -2.16. The van der Waals surface area contributed by atoms with Gasteiger partial charge in [0.05, 0.1) is 9.79 Å². The van der Waals surface area contributed by atoms with Crippen LogP contribution in [0, 0.1) is 5.82 Å². The average Bonchev–Trinajstić information content (AvgIpc) is 2.40. The third-order valence-electron chi connectivity index (χ3n) is 2.54. The molecule has 21 heavy (non-hydrogen) atoms. The molecule has 0 heterocycles. The highest BCUT2D eigenvalue weighted by atomic mass is 32.2. The zero-order valence-corrected chi connectivity index (χ0v) is 12.2. The summed E-state index contributed by atoms with van der Waals surface area (Å²) in [6, 6.07) is 9.30. The Labute approximate surface area is 121 Å². The summed E-state index contributed by atoms with van der Waals surface area (Å²) in [5.41, 5.74) is 0.150. The van der Waals surface area contributed by atoms with Crippen molar-refractivity contribution in [2.24, 2.45) is 5.14 Å². The second kappa shape index (κ2) is 5.43. The number of hydrogen-bond acceptors (Lipinski definition) is 4. The highest BCUT2D eigenvalue weighted by molar-refractivity contribution is 7.93. The highest BCUT2D eigenvalue weighted by Crippen LogP contribution is 2.18. The van der Waals surface area contributed by atoms with Crippen molar-refractivity contribution in [2.45, 2.75) is 9.79 Å². The molecule has 9 heteroatoms. The topological polar surface area (TPSA) is 106 Å². The summed E-state index contributed by atoms with van der Waals surface area (Å²) in [5, 5.41) is 4.95. The number of nitrogens with two attached hydrogens (primary N) is 1. The van der Waals surface area contributed by atoms with Gasteiger partial charge in [0.25, 0.3) is 10.0 Å². The molecule has 0 fully saturated rings. The van der Waals surface area contributed by atoms with Crippen molar-refractivity contribution in [1.29, 1.82) is 0 Å². The molecule has 0 amide bonds. The van der Waals surface area contributed by atoms with E-state index in [1.807, 2.05) is 0 Å². The number of rotatable bonds is 4. The fraction of sp³-hybridized carbons (Fsp3) is 0. The molecule has 112 valence electrons. The van der Waals surface area contributed by atoms with E-state index in [-0.39, 0.29) is 15.5 Å². The van der Waals surface area contributed by atoms with Crippen LogP contribution < -0.4 is 9.86 Å². The summed E-state index contributed by atoms with van der Waals surface area (Å²) in [4.78, 5) is -0.581. The number of halogens is 1. The summed E-state index contributed by atoms with van der Waals surface area (Å²) in [7, 11) is -8.01. The molecule has 0 aliphatic rings. The molecule has 0 aromatic heterocycles. The molecule has 0 aliphatic heterocycles. The summed E-state index contributed by atoms with van der Waals surface area (Å²) in [5.74, 6) is -0.505. The second-order valence-electron chi connectivity index (χ2n) is 4.13. The molecule has 0 bridgehead atoms. The summed E-state index contributed by atoms with van der Waals surface area (Å²) < 4.78 is 61.7. The Balaban J connectivity index is 2.38. The molecule has 3 N–H and O–H groups in total. The fourth-order valence-electron chi connectivity index (χ4n) is 1.55. The van der Waals surface area contributed by atoms with Crippen LogP contribution in [0.4, 0.5) is 10.1 Å². The Kier molecular flexibility index (Phi) is 3.99. The Morgan fingerprint density at radius 1 is 0.905 bits per heavy atom. The van der Waals surface area contributed by atoms with E-state index < -0.39 is 25.9 Å². The van der Waals surface area contributed by atoms with E-state index in [1.54, 1.807) is 0 Å². The monoisotopic (exact) mass is 330 g/mol. The predicted molar refractivity (Wildman–Crippen MR) is 75.0 cm³/mol. The van der Waals surface area contributed by atoms with E-state index in [1.165, 1.54) is 30.3 Å². The van der Waals surface area contributed by atoms with Gasteiger partial charge in [-0.25, -0.2) is 26.4 Å². The number of anilines is 1. The molecular formula is C12H11FN2O4S2. The first-order chi connectivity index (χ1) is 9.68. The Hall–Kier alpha value is -1.97. The normalized spacial score (nSPS) is 12.1. The lowest BCUT2D eigenvalue weighted by atomic mass is 10.3. The molecule has 0 spiro atoms. The van der Waals surface area contributed by atoms with Gasteiger partial charge in [0.15, 0.2) is 0 Å². The smallest absolute Gasteiger partial charge is 0.261 e. The van der Waals surface area contributed by atoms with Crippen LogP contribution in [0.15, 0.2) is 58.3 Å². The minimum Gasteiger partial charge on any atom is -0.280 e. The number of nitrogens with one attached hydrogen (secondary N) is 1. The van der Waals surface area contributed by atoms with Crippen LogP contribution in [0.2, 0.25) is 0 Å². The lowest BCUT2D eigenvalue weighted by Gasteiger charge is -2.09. The zero-order chi connectivity index (χ0) is 15.7. The molecular weight excluding hydrogens is 319 g/mol. The van der Waals surface area contributed by atoms with Crippen molar-refractivity contribution in [3.05, 3.63) is 54.3 Å². The predicted octanol–water partition coefficient (Wildman–Crippen LogP) is 1.27. The molecule has 0 saturated carbocycles. The van der Waals surface area contributed by atoms with Gasteiger partial charge in [-0.05, 0) is 42.5 Å².